The van der Waals surface area contributed by atoms with Gasteiger partial charge in [0.05, 0.1) is 19.1 Å². The molecule has 0 aliphatic rings. The Morgan fingerprint density at radius 1 is 1.47 bits per heavy atom. The number of benzene rings is 1. The maximum atomic E-state index is 11.1. The van der Waals surface area contributed by atoms with E-state index in [0.717, 1.165) is 0 Å². The highest BCUT2D eigenvalue weighted by molar-refractivity contribution is 5.95. The Morgan fingerprint density at radius 3 is 2.60 bits per heavy atom. The normalized spacial score (nSPS) is 9.67. The zero-order valence-electron chi connectivity index (χ0n) is 8.19. The van der Waals surface area contributed by atoms with Crippen LogP contribution in [0.5, 0.6) is 0 Å². The third kappa shape index (κ3) is 2.70. The van der Waals surface area contributed by atoms with Crippen LogP contribution in [0.1, 0.15) is 15.9 Å². The summed E-state index contributed by atoms with van der Waals surface area (Å²) in [5.41, 5.74) is 6.59. The summed E-state index contributed by atoms with van der Waals surface area (Å²) in [4.78, 5) is 21.6. The van der Waals surface area contributed by atoms with Gasteiger partial charge in [0.15, 0.2) is 0 Å². The van der Waals surface area contributed by atoms with Gasteiger partial charge in [0.1, 0.15) is 0 Å². The molecular formula is C10H11NO4. The lowest BCUT2D eigenvalue weighted by atomic mass is 10.1. The number of rotatable bonds is 3. The van der Waals surface area contributed by atoms with Crippen molar-refractivity contribution in [2.24, 2.45) is 0 Å². The lowest BCUT2D eigenvalue weighted by molar-refractivity contribution is -0.136. The SMILES string of the molecule is COC(=O)c1ccc(CC(=O)O)cc1N. The van der Waals surface area contributed by atoms with Gasteiger partial charge in [0, 0.05) is 5.69 Å². The Balaban J connectivity index is 2.97. The van der Waals surface area contributed by atoms with Gasteiger partial charge in [-0.1, -0.05) is 6.07 Å². The van der Waals surface area contributed by atoms with Crippen LogP contribution in [0.2, 0.25) is 0 Å². The summed E-state index contributed by atoms with van der Waals surface area (Å²) in [6.07, 6.45) is -0.119. The van der Waals surface area contributed by atoms with E-state index < -0.39 is 11.9 Å². The number of esters is 1. The number of anilines is 1. The van der Waals surface area contributed by atoms with Crippen LogP contribution >= 0.6 is 0 Å². The Hall–Kier alpha value is -2.04. The number of aliphatic carboxylic acids is 1. The second-order valence-corrected chi connectivity index (χ2v) is 2.98. The van der Waals surface area contributed by atoms with E-state index >= 15 is 0 Å². The molecule has 0 aliphatic heterocycles. The van der Waals surface area contributed by atoms with Gasteiger partial charge in [-0.15, -0.1) is 0 Å². The fraction of sp³-hybridized carbons (Fsp3) is 0.200. The monoisotopic (exact) mass is 209 g/mol. The van der Waals surface area contributed by atoms with Crippen molar-refractivity contribution in [2.75, 3.05) is 12.8 Å². The number of carboxylic acid groups (broad SMARTS) is 1. The van der Waals surface area contributed by atoms with Crippen LogP contribution in [0.3, 0.4) is 0 Å². The third-order valence-corrected chi connectivity index (χ3v) is 1.88. The van der Waals surface area contributed by atoms with Crippen molar-refractivity contribution in [3.63, 3.8) is 0 Å². The molecule has 80 valence electrons. The average molecular weight is 209 g/mol. The molecule has 15 heavy (non-hydrogen) atoms. The Morgan fingerprint density at radius 2 is 2.13 bits per heavy atom. The van der Waals surface area contributed by atoms with Crippen LogP contribution in [-0.4, -0.2) is 24.2 Å². The zero-order valence-corrected chi connectivity index (χ0v) is 8.19. The van der Waals surface area contributed by atoms with E-state index in [4.69, 9.17) is 10.8 Å². The van der Waals surface area contributed by atoms with Crippen molar-refractivity contribution in [3.8, 4) is 0 Å². The molecule has 0 fully saturated rings. The summed E-state index contributed by atoms with van der Waals surface area (Å²) < 4.78 is 4.50. The minimum absolute atomic E-state index is 0.119. The molecule has 5 heteroatoms. The van der Waals surface area contributed by atoms with Crippen LogP contribution in [0.4, 0.5) is 5.69 Å². The van der Waals surface area contributed by atoms with Gasteiger partial charge in [-0.2, -0.15) is 0 Å². The first-order valence-corrected chi connectivity index (χ1v) is 4.23. The molecule has 5 nitrogen and oxygen atoms in total. The predicted molar refractivity (Wildman–Crippen MR) is 53.5 cm³/mol. The molecule has 0 saturated heterocycles. The number of carbonyl (C=O) groups excluding carboxylic acids is 1. The fourth-order valence-corrected chi connectivity index (χ4v) is 1.19. The molecule has 1 aromatic carbocycles. The second kappa shape index (κ2) is 4.45. The molecule has 0 atom stereocenters. The highest BCUT2D eigenvalue weighted by Gasteiger charge is 2.10. The average Bonchev–Trinajstić information content (AvgIpc) is 2.16. The summed E-state index contributed by atoms with van der Waals surface area (Å²) in [6, 6.07) is 4.45. The molecule has 1 aromatic rings. The first kappa shape index (κ1) is 11.0. The van der Waals surface area contributed by atoms with E-state index in [9.17, 15) is 9.59 Å². The molecule has 0 aliphatic carbocycles. The molecule has 0 saturated carbocycles. The van der Waals surface area contributed by atoms with Crippen LogP contribution in [0.15, 0.2) is 18.2 Å². The number of carbonyl (C=O) groups is 2. The molecule has 1 rings (SSSR count). The molecule has 0 unspecified atom stereocenters. The number of nitrogen functional groups attached to an aromatic ring is 1. The highest BCUT2D eigenvalue weighted by atomic mass is 16.5. The Labute approximate surface area is 86.5 Å². The number of methoxy groups -OCH3 is 1. The van der Waals surface area contributed by atoms with Crippen LogP contribution in [0, 0.1) is 0 Å². The van der Waals surface area contributed by atoms with Gasteiger partial charge >= 0.3 is 11.9 Å². The third-order valence-electron chi connectivity index (χ3n) is 1.88. The lowest BCUT2D eigenvalue weighted by Gasteiger charge is -2.05. The summed E-state index contributed by atoms with van der Waals surface area (Å²) in [5, 5.41) is 8.55. The van der Waals surface area contributed by atoms with Crippen molar-refractivity contribution >= 4 is 17.6 Å². The van der Waals surface area contributed by atoms with E-state index in [-0.39, 0.29) is 17.7 Å². The van der Waals surface area contributed by atoms with E-state index in [1.165, 1.54) is 25.3 Å². The van der Waals surface area contributed by atoms with Crippen molar-refractivity contribution in [2.45, 2.75) is 6.42 Å². The first-order chi connectivity index (χ1) is 7.04. The van der Waals surface area contributed by atoms with Gasteiger partial charge < -0.3 is 15.6 Å². The smallest absolute Gasteiger partial charge is 0.339 e. The summed E-state index contributed by atoms with van der Waals surface area (Å²) in [6.45, 7) is 0. The van der Waals surface area contributed by atoms with E-state index in [1.807, 2.05) is 0 Å². The zero-order chi connectivity index (χ0) is 11.4. The van der Waals surface area contributed by atoms with Crippen LogP contribution in [-0.2, 0) is 16.0 Å². The largest absolute Gasteiger partial charge is 0.481 e. The number of ether oxygens (including phenoxy) is 1. The standard InChI is InChI=1S/C10H11NO4/c1-15-10(14)7-3-2-6(4-8(7)11)5-9(12)13/h2-4H,5,11H2,1H3,(H,12,13). The van der Waals surface area contributed by atoms with Crippen molar-refractivity contribution in [3.05, 3.63) is 29.3 Å². The van der Waals surface area contributed by atoms with Gasteiger partial charge in [-0.3, -0.25) is 4.79 Å². The fourth-order valence-electron chi connectivity index (χ4n) is 1.19. The number of carboxylic acids is 1. The Kier molecular flexibility index (Phi) is 3.28. The molecule has 0 aromatic heterocycles. The van der Waals surface area contributed by atoms with E-state index in [2.05, 4.69) is 4.74 Å². The van der Waals surface area contributed by atoms with Crippen LogP contribution in [0.25, 0.3) is 0 Å². The maximum absolute atomic E-state index is 11.1. The molecule has 0 amide bonds. The molecule has 0 spiro atoms. The number of hydrogen-bond donors (Lipinski definition) is 2. The summed E-state index contributed by atoms with van der Waals surface area (Å²) in [5.74, 6) is -1.48. The number of nitrogens with two attached hydrogens (primary N) is 1. The summed E-state index contributed by atoms with van der Waals surface area (Å²) >= 11 is 0. The first-order valence-electron chi connectivity index (χ1n) is 4.23. The van der Waals surface area contributed by atoms with Gasteiger partial charge in [-0.05, 0) is 17.7 Å². The lowest BCUT2D eigenvalue weighted by Crippen LogP contribution is -2.07. The van der Waals surface area contributed by atoms with Gasteiger partial charge in [0.2, 0.25) is 0 Å². The van der Waals surface area contributed by atoms with Crippen molar-refractivity contribution in [1.82, 2.24) is 0 Å². The minimum atomic E-state index is -0.944. The molecule has 3 N–H and O–H groups in total. The molecule has 0 radical (unpaired) electrons. The van der Waals surface area contributed by atoms with E-state index in [1.54, 1.807) is 0 Å². The predicted octanol–water partition coefficient (Wildman–Crippen LogP) is 0.683. The highest BCUT2D eigenvalue weighted by Crippen LogP contribution is 2.15. The minimum Gasteiger partial charge on any atom is -0.481 e. The Bertz CT molecular complexity index is 400. The number of hydrogen-bond acceptors (Lipinski definition) is 4. The quantitative estimate of drug-likeness (QED) is 0.564. The second-order valence-electron chi connectivity index (χ2n) is 2.98. The van der Waals surface area contributed by atoms with Gasteiger partial charge in [0.25, 0.3) is 0 Å². The maximum Gasteiger partial charge on any atom is 0.339 e. The topological polar surface area (TPSA) is 89.6 Å². The van der Waals surface area contributed by atoms with Gasteiger partial charge in [-0.25, -0.2) is 4.79 Å². The van der Waals surface area contributed by atoms with Crippen molar-refractivity contribution in [1.29, 1.82) is 0 Å². The van der Waals surface area contributed by atoms with Crippen LogP contribution < -0.4 is 5.73 Å². The molecule has 0 heterocycles. The van der Waals surface area contributed by atoms with Crippen molar-refractivity contribution < 1.29 is 19.4 Å². The van der Waals surface area contributed by atoms with E-state index in [0.29, 0.717) is 5.56 Å². The summed E-state index contributed by atoms with van der Waals surface area (Å²) in [7, 11) is 1.26. The molecular weight excluding hydrogens is 198 g/mol. The molecule has 0 bridgehead atoms.